The molecule has 44 heavy (non-hydrogen) atoms. The van der Waals surface area contributed by atoms with Gasteiger partial charge in [-0.3, -0.25) is 9.78 Å². The summed E-state index contributed by atoms with van der Waals surface area (Å²) in [6.07, 6.45) is 1.90. The molecule has 0 saturated carbocycles. The van der Waals surface area contributed by atoms with Gasteiger partial charge in [0.25, 0.3) is 0 Å². The lowest BCUT2D eigenvalue weighted by molar-refractivity contribution is -0.152. The van der Waals surface area contributed by atoms with E-state index in [1.807, 2.05) is 7.05 Å². The van der Waals surface area contributed by atoms with Gasteiger partial charge in [-0.15, -0.1) is 0 Å². The molecule has 3 heterocycles. The summed E-state index contributed by atoms with van der Waals surface area (Å²) < 4.78 is 39.3. The number of piperazine rings is 1. The molecule has 2 aliphatic rings. The Morgan fingerprint density at radius 1 is 1.09 bits per heavy atom. The second-order valence-electron chi connectivity index (χ2n) is 12.1. The molecule has 2 aliphatic heterocycles. The van der Waals surface area contributed by atoms with Crippen molar-refractivity contribution in [1.29, 1.82) is 0 Å². The molecular weight excluding hydrogens is 606 g/mol. The third-order valence-corrected chi connectivity index (χ3v) is 10.6. The Labute approximate surface area is 264 Å². The summed E-state index contributed by atoms with van der Waals surface area (Å²) >= 11 is 4.62. The molecule has 2 fully saturated rings. The maximum absolute atomic E-state index is 13.9. The molecule has 240 valence electrons. The molecule has 1 aromatic carbocycles. The Kier molecular flexibility index (Phi) is 10.6. The van der Waals surface area contributed by atoms with Crippen LogP contribution in [0.25, 0.3) is 0 Å². The fraction of sp³-hybridized carbons (Fsp3) is 0.533. The predicted octanol–water partition coefficient (Wildman–Crippen LogP) is 2.20. The van der Waals surface area contributed by atoms with Gasteiger partial charge in [-0.05, 0) is 50.7 Å². The first kappa shape index (κ1) is 33.7. The van der Waals surface area contributed by atoms with Crippen LogP contribution < -0.4 is 10.1 Å². The highest BCUT2D eigenvalue weighted by molar-refractivity contribution is 7.89. The summed E-state index contributed by atoms with van der Waals surface area (Å²) in [6, 6.07) is 7.34. The van der Waals surface area contributed by atoms with Gasteiger partial charge in [0.2, 0.25) is 15.9 Å². The van der Waals surface area contributed by atoms with Crippen molar-refractivity contribution in [2.24, 2.45) is 5.41 Å². The van der Waals surface area contributed by atoms with Gasteiger partial charge >= 0.3 is 12.1 Å². The number of carbonyl (C=O) groups is 3. The molecule has 2 saturated heterocycles. The van der Waals surface area contributed by atoms with E-state index in [1.54, 1.807) is 56.9 Å². The minimum atomic E-state index is -4.10. The van der Waals surface area contributed by atoms with Gasteiger partial charge in [-0.25, -0.2) is 18.0 Å². The highest BCUT2D eigenvalue weighted by Crippen LogP contribution is 2.42. The van der Waals surface area contributed by atoms with E-state index in [-0.39, 0.29) is 17.9 Å². The van der Waals surface area contributed by atoms with E-state index < -0.39 is 56.8 Å². The number of hydrogen-bond donors (Lipinski definition) is 2. The number of rotatable bonds is 9. The van der Waals surface area contributed by atoms with Crippen LogP contribution in [0, 0.1) is 5.41 Å². The summed E-state index contributed by atoms with van der Waals surface area (Å²) in [5, 5.41) is 2.32. The first-order valence-electron chi connectivity index (χ1n) is 14.5. The predicted molar refractivity (Wildman–Crippen MR) is 167 cm³/mol. The SMILES string of the molecule is CC(C)OC(=O)[C@H](Cc1ccc(OC(=O)N2CCN(C)CC2)cc1)NC(=O)[C@@H]1N(S(=O)(=O)c2cccnc2)CC(S)C1(C)C. The van der Waals surface area contributed by atoms with E-state index in [9.17, 15) is 22.8 Å². The van der Waals surface area contributed by atoms with E-state index in [0.29, 0.717) is 24.4 Å². The number of thiol groups is 1. The van der Waals surface area contributed by atoms with Gasteiger partial charge in [0, 0.05) is 62.2 Å². The van der Waals surface area contributed by atoms with Gasteiger partial charge in [-0.2, -0.15) is 16.9 Å². The van der Waals surface area contributed by atoms with E-state index in [2.05, 4.69) is 27.8 Å². The lowest BCUT2D eigenvalue weighted by Gasteiger charge is -2.33. The van der Waals surface area contributed by atoms with Crippen molar-refractivity contribution in [3.05, 3.63) is 54.4 Å². The first-order chi connectivity index (χ1) is 20.7. The number of nitrogens with zero attached hydrogens (tertiary/aromatic N) is 4. The zero-order valence-corrected chi connectivity index (χ0v) is 27.4. The van der Waals surface area contributed by atoms with Gasteiger partial charge < -0.3 is 24.6 Å². The summed E-state index contributed by atoms with van der Waals surface area (Å²) in [4.78, 5) is 47.3. The number of hydrogen-bond acceptors (Lipinski definition) is 10. The van der Waals surface area contributed by atoms with Crippen molar-refractivity contribution in [3.63, 3.8) is 0 Å². The third-order valence-electron chi connectivity index (χ3n) is 7.98. The van der Waals surface area contributed by atoms with Crippen LogP contribution in [0.2, 0.25) is 0 Å². The molecule has 12 nitrogen and oxygen atoms in total. The van der Waals surface area contributed by atoms with Crippen LogP contribution in [-0.2, 0) is 30.8 Å². The van der Waals surface area contributed by atoms with Crippen molar-refractivity contribution in [2.45, 2.75) is 62.4 Å². The number of pyridine rings is 1. The average molecular weight is 648 g/mol. The number of esters is 1. The Morgan fingerprint density at radius 3 is 2.34 bits per heavy atom. The van der Waals surface area contributed by atoms with Crippen LogP contribution in [0.15, 0.2) is 53.7 Å². The van der Waals surface area contributed by atoms with Crippen molar-refractivity contribution in [2.75, 3.05) is 39.8 Å². The van der Waals surface area contributed by atoms with Crippen molar-refractivity contribution >= 4 is 40.6 Å². The summed E-state index contributed by atoms with van der Waals surface area (Å²) in [5.41, 5.74) is -0.197. The maximum atomic E-state index is 13.9. The Hall–Kier alpha value is -3.20. The summed E-state index contributed by atoms with van der Waals surface area (Å²) in [6.45, 7) is 9.66. The smallest absolute Gasteiger partial charge is 0.415 e. The fourth-order valence-corrected chi connectivity index (χ4v) is 7.38. The standard InChI is InChI=1S/C30H41N5O7S2/c1-20(2)41-28(37)24(17-21-8-10-22(11-9-21)42-29(38)34-15-13-33(5)14-16-34)32-27(36)26-30(3,4)25(43)19-35(26)44(39,40)23-7-6-12-31-18-23/h6-12,18,20,24-26,43H,13-17,19H2,1-5H3,(H,32,36)/t24-,25?,26-/m0/s1. The second kappa shape index (κ2) is 13.8. The Bertz CT molecular complexity index is 1430. The second-order valence-corrected chi connectivity index (χ2v) is 14.6. The van der Waals surface area contributed by atoms with Crippen LogP contribution in [0.1, 0.15) is 33.3 Å². The number of ether oxygens (including phenoxy) is 2. The third kappa shape index (κ3) is 7.71. The molecule has 0 aliphatic carbocycles. The van der Waals surface area contributed by atoms with Crippen LogP contribution >= 0.6 is 12.6 Å². The largest absolute Gasteiger partial charge is 0.461 e. The lowest BCUT2D eigenvalue weighted by atomic mass is 9.84. The Morgan fingerprint density at radius 2 is 1.75 bits per heavy atom. The molecule has 2 aromatic rings. The first-order valence-corrected chi connectivity index (χ1v) is 16.5. The molecule has 3 atom stereocenters. The quantitative estimate of drug-likeness (QED) is 0.310. The van der Waals surface area contributed by atoms with Crippen LogP contribution in [0.5, 0.6) is 5.75 Å². The zero-order chi connectivity index (χ0) is 32.2. The number of amides is 2. The molecule has 1 N–H and O–H groups in total. The molecule has 1 unspecified atom stereocenters. The monoisotopic (exact) mass is 647 g/mol. The number of nitrogens with one attached hydrogen (secondary N) is 1. The van der Waals surface area contributed by atoms with Crippen LogP contribution in [0.3, 0.4) is 0 Å². The highest BCUT2D eigenvalue weighted by Gasteiger charge is 2.55. The van der Waals surface area contributed by atoms with E-state index in [0.717, 1.165) is 17.4 Å². The molecule has 0 radical (unpaired) electrons. The van der Waals surface area contributed by atoms with E-state index in [4.69, 9.17) is 9.47 Å². The molecule has 1 aromatic heterocycles. The summed E-state index contributed by atoms with van der Waals surface area (Å²) in [5.74, 6) is -0.937. The molecule has 0 bridgehead atoms. The maximum Gasteiger partial charge on any atom is 0.415 e. The zero-order valence-electron chi connectivity index (χ0n) is 25.7. The molecule has 0 spiro atoms. The molecule has 4 rings (SSSR count). The van der Waals surface area contributed by atoms with Crippen LogP contribution in [0.4, 0.5) is 4.79 Å². The lowest BCUT2D eigenvalue weighted by Crippen LogP contribution is -2.55. The normalized spacial score (nSPS) is 21.6. The van der Waals surface area contributed by atoms with Crippen molar-refractivity contribution in [3.8, 4) is 5.75 Å². The van der Waals surface area contributed by atoms with Gasteiger partial charge in [0.15, 0.2) is 0 Å². The van der Waals surface area contributed by atoms with E-state index >= 15 is 0 Å². The Balaban J connectivity index is 1.52. The number of carbonyl (C=O) groups excluding carboxylic acids is 3. The number of aromatic nitrogens is 1. The van der Waals surface area contributed by atoms with Gasteiger partial charge in [0.05, 0.1) is 6.10 Å². The molecular formula is C30H41N5O7S2. The van der Waals surface area contributed by atoms with E-state index in [1.165, 1.54) is 24.5 Å². The average Bonchev–Trinajstić information content (AvgIpc) is 3.22. The highest BCUT2D eigenvalue weighted by atomic mass is 32.2. The van der Waals surface area contributed by atoms with Crippen LogP contribution in [-0.4, -0.2) is 109 Å². The number of likely N-dealkylation sites (N-methyl/N-ethyl adjacent to an activating group) is 1. The fourth-order valence-electron chi connectivity index (χ4n) is 5.25. The summed E-state index contributed by atoms with van der Waals surface area (Å²) in [7, 11) is -2.10. The topological polar surface area (TPSA) is 138 Å². The molecule has 14 heteroatoms. The molecule has 2 amide bonds. The van der Waals surface area contributed by atoms with Crippen molar-refractivity contribution in [1.82, 2.24) is 24.4 Å². The number of sulfonamides is 1. The minimum absolute atomic E-state index is 0.000837. The van der Waals surface area contributed by atoms with Crippen molar-refractivity contribution < 1.29 is 32.3 Å². The number of benzene rings is 1. The van der Waals surface area contributed by atoms with Gasteiger partial charge in [0.1, 0.15) is 22.7 Å². The van der Waals surface area contributed by atoms with Gasteiger partial charge in [-0.1, -0.05) is 26.0 Å². The minimum Gasteiger partial charge on any atom is -0.461 e.